The summed E-state index contributed by atoms with van der Waals surface area (Å²) in [5, 5.41) is 0.393. The molecule has 0 atom stereocenters. The number of anilines is 1. The molecule has 1 rings (SSSR count). The van der Waals surface area contributed by atoms with Gasteiger partial charge < -0.3 is 10.5 Å². The van der Waals surface area contributed by atoms with E-state index >= 15 is 0 Å². The molecular weight excluding hydrogens is 202 g/mol. The first-order valence-corrected chi connectivity index (χ1v) is 4.64. The van der Waals surface area contributed by atoms with Crippen LogP contribution in [0.15, 0.2) is 12.1 Å². The van der Waals surface area contributed by atoms with Gasteiger partial charge in [0.1, 0.15) is 0 Å². The van der Waals surface area contributed by atoms with E-state index in [9.17, 15) is 4.79 Å². The van der Waals surface area contributed by atoms with Crippen molar-refractivity contribution in [3.05, 3.63) is 28.3 Å². The molecule has 0 amide bonds. The van der Waals surface area contributed by atoms with Crippen molar-refractivity contribution in [2.75, 3.05) is 12.8 Å². The van der Waals surface area contributed by atoms with Gasteiger partial charge in [0.25, 0.3) is 0 Å². The van der Waals surface area contributed by atoms with Gasteiger partial charge in [0.05, 0.1) is 23.4 Å². The Bertz CT molecular complexity index is 363. The number of carbonyl (C=O) groups is 1. The van der Waals surface area contributed by atoms with Crippen LogP contribution in [0, 0.1) is 0 Å². The first-order valence-electron chi connectivity index (χ1n) is 4.26. The summed E-state index contributed by atoms with van der Waals surface area (Å²) in [7, 11) is 1.31. The van der Waals surface area contributed by atoms with E-state index in [4.69, 9.17) is 17.3 Å². The van der Waals surface area contributed by atoms with Crippen molar-refractivity contribution >= 4 is 23.3 Å². The van der Waals surface area contributed by atoms with Gasteiger partial charge in [-0.3, -0.25) is 0 Å². The van der Waals surface area contributed by atoms with Gasteiger partial charge in [0.15, 0.2) is 0 Å². The second-order valence-corrected chi connectivity index (χ2v) is 3.29. The number of hydrogen-bond acceptors (Lipinski definition) is 3. The van der Waals surface area contributed by atoms with E-state index in [0.29, 0.717) is 10.6 Å². The highest BCUT2D eigenvalue weighted by atomic mass is 35.5. The molecule has 1 aromatic carbocycles. The zero-order valence-electron chi connectivity index (χ0n) is 8.13. The normalized spacial score (nSPS) is 9.93. The first kappa shape index (κ1) is 10.9. The largest absolute Gasteiger partial charge is 0.465 e. The molecule has 0 aliphatic carbocycles. The lowest BCUT2D eigenvalue weighted by Crippen LogP contribution is -2.06. The lowest BCUT2D eigenvalue weighted by atomic mass is 10.1. The van der Waals surface area contributed by atoms with Crippen molar-refractivity contribution < 1.29 is 9.53 Å². The van der Waals surface area contributed by atoms with Crippen LogP contribution in [0.2, 0.25) is 5.02 Å². The van der Waals surface area contributed by atoms with Crippen molar-refractivity contribution in [1.29, 1.82) is 0 Å². The molecule has 76 valence electrons. The zero-order chi connectivity index (χ0) is 10.7. The zero-order valence-corrected chi connectivity index (χ0v) is 8.89. The van der Waals surface area contributed by atoms with Crippen LogP contribution < -0.4 is 5.73 Å². The molecule has 0 spiro atoms. The van der Waals surface area contributed by atoms with Crippen LogP contribution in [-0.2, 0) is 11.2 Å². The van der Waals surface area contributed by atoms with E-state index < -0.39 is 5.97 Å². The fourth-order valence-corrected chi connectivity index (χ4v) is 1.40. The number of nitrogen functional groups attached to an aromatic ring is 1. The van der Waals surface area contributed by atoms with E-state index in [2.05, 4.69) is 4.74 Å². The third-order valence-electron chi connectivity index (χ3n) is 2.00. The quantitative estimate of drug-likeness (QED) is 0.606. The van der Waals surface area contributed by atoms with Gasteiger partial charge in [0.2, 0.25) is 0 Å². The smallest absolute Gasteiger partial charge is 0.340 e. The molecule has 3 nitrogen and oxygen atoms in total. The fourth-order valence-electron chi connectivity index (χ4n) is 1.16. The van der Waals surface area contributed by atoms with E-state index in [1.54, 1.807) is 12.1 Å². The molecule has 0 unspecified atom stereocenters. The number of esters is 1. The molecule has 0 aliphatic rings. The number of carbonyl (C=O) groups excluding carboxylic acids is 1. The molecule has 0 fully saturated rings. The number of nitrogens with two attached hydrogens (primary N) is 1. The van der Waals surface area contributed by atoms with Crippen molar-refractivity contribution in [2.24, 2.45) is 0 Å². The Morgan fingerprint density at radius 3 is 2.71 bits per heavy atom. The van der Waals surface area contributed by atoms with Crippen molar-refractivity contribution in [3.8, 4) is 0 Å². The molecule has 0 saturated carbocycles. The number of methoxy groups -OCH3 is 1. The number of aryl methyl sites for hydroxylation is 1. The third kappa shape index (κ3) is 1.99. The number of rotatable bonds is 2. The molecule has 2 N–H and O–H groups in total. The molecule has 0 radical (unpaired) electrons. The van der Waals surface area contributed by atoms with Gasteiger partial charge in [0, 0.05) is 0 Å². The topological polar surface area (TPSA) is 52.3 Å². The average Bonchev–Trinajstić information content (AvgIpc) is 2.20. The number of ether oxygens (including phenoxy) is 1. The van der Waals surface area contributed by atoms with E-state index in [1.807, 2.05) is 6.92 Å². The number of hydrogen-bond donors (Lipinski definition) is 1. The minimum Gasteiger partial charge on any atom is -0.465 e. The predicted molar refractivity (Wildman–Crippen MR) is 56.6 cm³/mol. The summed E-state index contributed by atoms with van der Waals surface area (Å²) in [6.45, 7) is 1.98. The number of benzene rings is 1. The van der Waals surface area contributed by atoms with Crippen molar-refractivity contribution in [1.82, 2.24) is 0 Å². The fraction of sp³-hybridized carbons (Fsp3) is 0.300. The summed E-state index contributed by atoms with van der Waals surface area (Å²) in [4.78, 5) is 11.3. The molecule has 0 saturated heterocycles. The maximum atomic E-state index is 11.3. The summed E-state index contributed by atoms with van der Waals surface area (Å²) in [5.74, 6) is -0.459. The summed E-state index contributed by atoms with van der Waals surface area (Å²) < 4.78 is 4.59. The van der Waals surface area contributed by atoms with Crippen LogP contribution in [0.4, 0.5) is 5.69 Å². The SMILES string of the molecule is CCc1cc(Cl)c(N)c(C(=O)OC)c1. The maximum Gasteiger partial charge on any atom is 0.340 e. The average molecular weight is 214 g/mol. The summed E-state index contributed by atoms with van der Waals surface area (Å²) in [5.41, 5.74) is 7.22. The highest BCUT2D eigenvalue weighted by Crippen LogP contribution is 2.25. The highest BCUT2D eigenvalue weighted by Gasteiger charge is 2.13. The molecule has 0 heterocycles. The minimum atomic E-state index is -0.459. The van der Waals surface area contributed by atoms with Gasteiger partial charge in [-0.05, 0) is 24.1 Å². The Labute approximate surface area is 87.8 Å². The van der Waals surface area contributed by atoms with Gasteiger partial charge in [-0.2, -0.15) is 0 Å². The van der Waals surface area contributed by atoms with E-state index in [1.165, 1.54) is 7.11 Å². The van der Waals surface area contributed by atoms with Crippen molar-refractivity contribution in [3.63, 3.8) is 0 Å². The Morgan fingerprint density at radius 1 is 1.57 bits per heavy atom. The van der Waals surface area contributed by atoms with Crippen LogP contribution in [0.1, 0.15) is 22.8 Å². The molecule has 1 aromatic rings. The molecule has 0 aliphatic heterocycles. The third-order valence-corrected chi connectivity index (χ3v) is 2.32. The standard InChI is InChI=1S/C10H12ClNO2/c1-3-6-4-7(10(13)14-2)9(12)8(11)5-6/h4-5H,3,12H2,1-2H3. The first-order chi connectivity index (χ1) is 6.60. The number of halogens is 1. The van der Waals surface area contributed by atoms with Crippen molar-refractivity contribution in [2.45, 2.75) is 13.3 Å². The molecule has 14 heavy (non-hydrogen) atoms. The van der Waals surface area contributed by atoms with Gasteiger partial charge in [-0.1, -0.05) is 18.5 Å². The molecule has 4 heteroatoms. The second kappa shape index (κ2) is 4.33. The molecular formula is C10H12ClNO2. The monoisotopic (exact) mass is 213 g/mol. The minimum absolute atomic E-state index is 0.274. The molecule has 0 bridgehead atoms. The van der Waals surface area contributed by atoms with Gasteiger partial charge >= 0.3 is 5.97 Å². The van der Waals surface area contributed by atoms with Gasteiger partial charge in [-0.25, -0.2) is 4.79 Å². The van der Waals surface area contributed by atoms with Gasteiger partial charge in [-0.15, -0.1) is 0 Å². The Hall–Kier alpha value is -1.22. The highest BCUT2D eigenvalue weighted by molar-refractivity contribution is 6.34. The Kier molecular flexibility index (Phi) is 3.36. The summed E-state index contributed by atoms with van der Waals surface area (Å²) >= 11 is 5.87. The van der Waals surface area contributed by atoms with Crippen LogP contribution in [0.5, 0.6) is 0 Å². The lowest BCUT2D eigenvalue weighted by Gasteiger charge is -2.07. The molecule has 0 aromatic heterocycles. The second-order valence-electron chi connectivity index (χ2n) is 2.88. The Balaban J connectivity index is 3.27. The summed E-state index contributed by atoms with van der Waals surface area (Å²) in [6.07, 6.45) is 0.796. The predicted octanol–water partition coefficient (Wildman–Crippen LogP) is 2.27. The van der Waals surface area contributed by atoms with Crippen LogP contribution >= 0.6 is 11.6 Å². The van der Waals surface area contributed by atoms with E-state index in [-0.39, 0.29) is 5.69 Å². The summed E-state index contributed by atoms with van der Waals surface area (Å²) in [6, 6.07) is 3.45. The maximum absolute atomic E-state index is 11.3. The van der Waals surface area contributed by atoms with Crippen LogP contribution in [0.3, 0.4) is 0 Å². The van der Waals surface area contributed by atoms with Crippen LogP contribution in [-0.4, -0.2) is 13.1 Å². The van der Waals surface area contributed by atoms with Crippen LogP contribution in [0.25, 0.3) is 0 Å². The van der Waals surface area contributed by atoms with E-state index in [0.717, 1.165) is 12.0 Å². The lowest BCUT2D eigenvalue weighted by molar-refractivity contribution is 0.0602. The Morgan fingerprint density at radius 2 is 2.21 bits per heavy atom.